The van der Waals surface area contributed by atoms with Crippen molar-refractivity contribution < 1.29 is 24.2 Å². The summed E-state index contributed by atoms with van der Waals surface area (Å²) in [7, 11) is 3.64. The van der Waals surface area contributed by atoms with Gasteiger partial charge in [-0.05, 0) is 20.5 Å². The molecule has 0 unspecified atom stereocenters. The molecule has 1 aliphatic carbocycles. The van der Waals surface area contributed by atoms with Crippen LogP contribution < -0.4 is 10.6 Å². The minimum absolute atomic E-state index is 0.000278. The van der Waals surface area contributed by atoms with E-state index in [0.29, 0.717) is 31.7 Å². The number of likely N-dealkylation sites (N-methyl/N-ethyl adjacent to an activating group) is 2. The lowest BCUT2D eigenvalue weighted by atomic mass is 9.94. The Morgan fingerprint density at radius 3 is 2.48 bits per heavy atom. The van der Waals surface area contributed by atoms with Crippen LogP contribution in [0.5, 0.6) is 0 Å². The molecule has 4 N–H and O–H groups in total. The molecule has 1 heterocycles. The molecule has 0 bridgehead atoms. The topological polar surface area (TPSA) is 112 Å². The van der Waals surface area contributed by atoms with E-state index < -0.39 is 5.97 Å². The smallest absolute Gasteiger partial charge is 0.339 e. The molecule has 7 heteroatoms. The number of ketones is 1. The summed E-state index contributed by atoms with van der Waals surface area (Å²) in [4.78, 5) is 22.0. The lowest BCUT2D eigenvalue weighted by molar-refractivity contribution is 0.0691. The second-order valence-corrected chi connectivity index (χ2v) is 4.80. The summed E-state index contributed by atoms with van der Waals surface area (Å²) in [6.07, 6.45) is 2.72. The number of furan rings is 1. The fourth-order valence-electron chi connectivity index (χ4n) is 2.12. The predicted octanol–water partition coefficient (Wildman–Crippen LogP) is 0.283. The van der Waals surface area contributed by atoms with Crippen molar-refractivity contribution in [3.05, 3.63) is 23.2 Å². The fraction of sp³-hybridized carbons (Fsp3) is 0.571. The molecule has 0 fully saturated rings. The number of hydrogen-bond acceptors (Lipinski definition) is 6. The molecule has 1 aromatic rings. The molecule has 118 valence electrons. The first-order valence-electron chi connectivity index (χ1n) is 6.85. The summed E-state index contributed by atoms with van der Waals surface area (Å²) < 4.78 is 5.02. The quantitative estimate of drug-likeness (QED) is 0.618. The molecular formula is C14H22N2O5. The van der Waals surface area contributed by atoms with Gasteiger partial charge in [-0.1, -0.05) is 0 Å². The number of rotatable bonds is 5. The number of carboxylic acid groups (broad SMARTS) is 1. The van der Waals surface area contributed by atoms with Gasteiger partial charge < -0.3 is 25.3 Å². The third kappa shape index (κ3) is 4.96. The average molecular weight is 298 g/mol. The number of aliphatic hydroxyl groups excluding tert-OH is 1. The van der Waals surface area contributed by atoms with Crippen LogP contribution in [0.15, 0.2) is 10.7 Å². The van der Waals surface area contributed by atoms with Gasteiger partial charge in [0, 0.05) is 25.9 Å². The van der Waals surface area contributed by atoms with E-state index in [0.717, 1.165) is 12.7 Å². The molecule has 1 aliphatic rings. The zero-order valence-corrected chi connectivity index (χ0v) is 12.3. The predicted molar refractivity (Wildman–Crippen MR) is 76.8 cm³/mol. The monoisotopic (exact) mass is 298 g/mol. The third-order valence-corrected chi connectivity index (χ3v) is 3.06. The van der Waals surface area contributed by atoms with Crippen molar-refractivity contribution >= 4 is 11.8 Å². The molecule has 0 radical (unpaired) electrons. The lowest BCUT2D eigenvalue weighted by Crippen LogP contribution is -2.32. The van der Waals surface area contributed by atoms with Crippen LogP contribution >= 0.6 is 0 Å². The van der Waals surface area contributed by atoms with Gasteiger partial charge in [-0.2, -0.15) is 0 Å². The normalized spacial score (nSPS) is 13.6. The van der Waals surface area contributed by atoms with Crippen LogP contribution in [0, 0.1) is 0 Å². The molecule has 0 saturated heterocycles. The first kappa shape index (κ1) is 17.4. The van der Waals surface area contributed by atoms with Crippen molar-refractivity contribution in [3.8, 4) is 0 Å². The highest BCUT2D eigenvalue weighted by Crippen LogP contribution is 2.26. The van der Waals surface area contributed by atoms with E-state index in [1.807, 2.05) is 14.1 Å². The molecule has 0 spiro atoms. The molecule has 0 amide bonds. The summed E-state index contributed by atoms with van der Waals surface area (Å²) in [5.74, 6) is -0.693. The zero-order valence-electron chi connectivity index (χ0n) is 12.3. The molecule has 0 saturated carbocycles. The van der Waals surface area contributed by atoms with E-state index in [4.69, 9.17) is 14.6 Å². The van der Waals surface area contributed by atoms with E-state index in [-0.39, 0.29) is 23.0 Å². The number of fused-ring (bicyclic) bond motifs is 1. The van der Waals surface area contributed by atoms with Gasteiger partial charge in [0.15, 0.2) is 5.78 Å². The van der Waals surface area contributed by atoms with Gasteiger partial charge in [-0.3, -0.25) is 4.79 Å². The zero-order chi connectivity index (χ0) is 15.8. The van der Waals surface area contributed by atoms with Gasteiger partial charge in [0.2, 0.25) is 0 Å². The molecule has 2 rings (SSSR count). The van der Waals surface area contributed by atoms with Gasteiger partial charge in [0.05, 0.1) is 11.7 Å². The van der Waals surface area contributed by atoms with Crippen LogP contribution in [0.3, 0.4) is 0 Å². The summed E-state index contributed by atoms with van der Waals surface area (Å²) in [6, 6.07) is 0. The van der Waals surface area contributed by atoms with Gasteiger partial charge in [0.1, 0.15) is 17.6 Å². The molecule has 0 aliphatic heterocycles. The summed E-state index contributed by atoms with van der Waals surface area (Å²) in [5.41, 5.74) is 0.276. The maximum absolute atomic E-state index is 11.3. The Kier molecular flexibility index (Phi) is 7.07. The molecule has 0 aromatic carbocycles. The first-order chi connectivity index (χ1) is 10.0. The minimum atomic E-state index is -1.10. The molecular weight excluding hydrogens is 276 g/mol. The van der Waals surface area contributed by atoms with E-state index in [1.54, 1.807) is 0 Å². The first-order valence-corrected chi connectivity index (χ1v) is 6.85. The number of nitrogens with one attached hydrogen (secondary N) is 2. The number of aromatic carboxylic acids is 1. The average Bonchev–Trinajstić information content (AvgIpc) is 2.85. The van der Waals surface area contributed by atoms with Gasteiger partial charge in [-0.15, -0.1) is 0 Å². The molecule has 7 nitrogen and oxygen atoms in total. The maximum atomic E-state index is 11.3. The van der Waals surface area contributed by atoms with E-state index in [9.17, 15) is 9.59 Å². The minimum Gasteiger partial charge on any atom is -0.478 e. The largest absolute Gasteiger partial charge is 0.478 e. The number of aryl methyl sites for hydroxylation is 1. The molecule has 1 aromatic heterocycles. The Hall–Kier alpha value is -1.70. The SMILES string of the molecule is CNCC(O)CNC.O=C(O)c1coc2c1C(=O)CCC2. The van der Waals surface area contributed by atoms with Crippen LogP contribution in [0.1, 0.15) is 39.3 Å². The van der Waals surface area contributed by atoms with Crippen LogP contribution in [0.25, 0.3) is 0 Å². The van der Waals surface area contributed by atoms with Crippen molar-refractivity contribution in [1.82, 2.24) is 10.6 Å². The van der Waals surface area contributed by atoms with Crippen molar-refractivity contribution in [2.45, 2.75) is 25.4 Å². The number of hydrogen-bond donors (Lipinski definition) is 4. The van der Waals surface area contributed by atoms with Crippen molar-refractivity contribution in [2.24, 2.45) is 0 Å². The second kappa shape index (κ2) is 8.56. The summed E-state index contributed by atoms with van der Waals surface area (Å²) >= 11 is 0. The third-order valence-electron chi connectivity index (χ3n) is 3.06. The Balaban J connectivity index is 0.000000240. The standard InChI is InChI=1S/C9H8O4.C5H14N2O/c10-6-2-1-3-7-8(6)5(4-13-7)9(11)12;1-6-3-5(8)4-7-2/h4H,1-3H2,(H,11,12);5-8H,3-4H2,1-2H3. The highest BCUT2D eigenvalue weighted by atomic mass is 16.4. The molecule has 21 heavy (non-hydrogen) atoms. The Bertz CT molecular complexity index is 478. The van der Waals surface area contributed by atoms with Crippen LogP contribution in [-0.2, 0) is 6.42 Å². The van der Waals surface area contributed by atoms with Crippen molar-refractivity contribution in [3.63, 3.8) is 0 Å². The Morgan fingerprint density at radius 1 is 1.33 bits per heavy atom. The summed E-state index contributed by atoms with van der Waals surface area (Å²) in [6.45, 7) is 1.31. The highest BCUT2D eigenvalue weighted by molar-refractivity contribution is 6.07. The van der Waals surface area contributed by atoms with Crippen molar-refractivity contribution in [2.75, 3.05) is 27.2 Å². The lowest BCUT2D eigenvalue weighted by Gasteiger charge is -2.08. The maximum Gasteiger partial charge on any atom is 0.339 e. The second-order valence-electron chi connectivity index (χ2n) is 4.80. The highest BCUT2D eigenvalue weighted by Gasteiger charge is 2.27. The van der Waals surface area contributed by atoms with E-state index in [1.165, 1.54) is 0 Å². The van der Waals surface area contributed by atoms with Crippen LogP contribution in [0.4, 0.5) is 0 Å². The van der Waals surface area contributed by atoms with Gasteiger partial charge >= 0.3 is 5.97 Å². The number of aliphatic hydroxyl groups is 1. The van der Waals surface area contributed by atoms with Gasteiger partial charge in [0.25, 0.3) is 0 Å². The number of Topliss-reactive ketones (excluding diaryl/α,β-unsaturated/α-hetero) is 1. The van der Waals surface area contributed by atoms with E-state index in [2.05, 4.69) is 10.6 Å². The number of carboxylic acids is 1. The number of carbonyl (C=O) groups excluding carboxylic acids is 1. The van der Waals surface area contributed by atoms with Crippen LogP contribution in [-0.4, -0.2) is 55.3 Å². The Morgan fingerprint density at radius 2 is 1.95 bits per heavy atom. The number of carbonyl (C=O) groups is 2. The fourth-order valence-corrected chi connectivity index (χ4v) is 2.12. The molecule has 0 atom stereocenters. The summed E-state index contributed by atoms with van der Waals surface area (Å²) in [5, 5.41) is 23.4. The van der Waals surface area contributed by atoms with Crippen molar-refractivity contribution in [1.29, 1.82) is 0 Å². The van der Waals surface area contributed by atoms with Crippen LogP contribution in [0.2, 0.25) is 0 Å². The van der Waals surface area contributed by atoms with E-state index >= 15 is 0 Å². The Labute approximate surface area is 123 Å². The van der Waals surface area contributed by atoms with Gasteiger partial charge in [-0.25, -0.2) is 4.79 Å².